The summed E-state index contributed by atoms with van der Waals surface area (Å²) in [4.78, 5) is 28.8. The standard InChI is InChI=1S/C19H27ClN2O3/c1-3-10-21(11-12-25-2)19(24)16-6-9-18(23)22(14-16)13-15-4-7-17(20)8-5-15/h4-5,7-8,16H,3,6,9-14H2,1-2H3/t16-/m1/s1. The Bertz CT molecular complexity index is 577. The number of piperidine rings is 1. The summed E-state index contributed by atoms with van der Waals surface area (Å²) < 4.78 is 5.11. The number of halogens is 1. The lowest BCUT2D eigenvalue weighted by molar-refractivity contribution is -0.144. The Kier molecular flexibility index (Phi) is 7.72. The summed E-state index contributed by atoms with van der Waals surface area (Å²) in [5.41, 5.74) is 1.02. The highest BCUT2D eigenvalue weighted by atomic mass is 35.5. The van der Waals surface area contributed by atoms with E-state index in [1.165, 1.54) is 0 Å². The number of nitrogens with zero attached hydrogens (tertiary/aromatic N) is 2. The predicted molar refractivity (Wildman–Crippen MR) is 98.3 cm³/mol. The fourth-order valence-electron chi connectivity index (χ4n) is 3.14. The van der Waals surface area contributed by atoms with Crippen LogP contribution in [0.4, 0.5) is 0 Å². The molecule has 138 valence electrons. The fraction of sp³-hybridized carbons (Fsp3) is 0.579. The van der Waals surface area contributed by atoms with Gasteiger partial charge in [-0.05, 0) is 30.5 Å². The molecule has 2 rings (SSSR count). The van der Waals surface area contributed by atoms with E-state index in [9.17, 15) is 9.59 Å². The maximum absolute atomic E-state index is 12.9. The molecule has 0 radical (unpaired) electrons. The molecule has 1 atom stereocenters. The molecule has 1 saturated heterocycles. The van der Waals surface area contributed by atoms with Gasteiger partial charge in [-0.1, -0.05) is 30.7 Å². The van der Waals surface area contributed by atoms with Gasteiger partial charge in [-0.15, -0.1) is 0 Å². The Labute approximate surface area is 154 Å². The summed E-state index contributed by atoms with van der Waals surface area (Å²) in [6.45, 7) is 4.92. The molecule has 1 aromatic rings. The third kappa shape index (κ3) is 5.72. The number of benzene rings is 1. The van der Waals surface area contributed by atoms with Crippen molar-refractivity contribution in [3.8, 4) is 0 Å². The molecule has 0 aromatic heterocycles. The van der Waals surface area contributed by atoms with Gasteiger partial charge in [0.2, 0.25) is 11.8 Å². The largest absolute Gasteiger partial charge is 0.383 e. The number of hydrogen-bond acceptors (Lipinski definition) is 3. The Hall–Kier alpha value is -1.59. The van der Waals surface area contributed by atoms with Crippen LogP contribution in [0.15, 0.2) is 24.3 Å². The van der Waals surface area contributed by atoms with Crippen LogP contribution >= 0.6 is 11.6 Å². The summed E-state index contributed by atoms with van der Waals surface area (Å²) >= 11 is 5.91. The molecule has 1 aromatic carbocycles. The minimum Gasteiger partial charge on any atom is -0.383 e. The van der Waals surface area contributed by atoms with Crippen LogP contribution in [-0.2, 0) is 20.9 Å². The second-order valence-electron chi connectivity index (χ2n) is 6.45. The smallest absolute Gasteiger partial charge is 0.227 e. The van der Waals surface area contributed by atoms with Gasteiger partial charge in [0.25, 0.3) is 0 Å². The Morgan fingerprint density at radius 1 is 1.32 bits per heavy atom. The van der Waals surface area contributed by atoms with Gasteiger partial charge in [0.15, 0.2) is 0 Å². The minimum absolute atomic E-state index is 0.109. The zero-order chi connectivity index (χ0) is 18.2. The summed E-state index contributed by atoms with van der Waals surface area (Å²) in [5.74, 6) is 0.110. The zero-order valence-corrected chi connectivity index (χ0v) is 15.8. The first-order chi connectivity index (χ1) is 12.0. The van der Waals surface area contributed by atoms with E-state index in [4.69, 9.17) is 16.3 Å². The average molecular weight is 367 g/mol. The van der Waals surface area contributed by atoms with Gasteiger partial charge >= 0.3 is 0 Å². The first-order valence-electron chi connectivity index (χ1n) is 8.85. The number of carbonyl (C=O) groups is 2. The van der Waals surface area contributed by atoms with Crippen molar-refractivity contribution in [1.29, 1.82) is 0 Å². The van der Waals surface area contributed by atoms with Crippen molar-refractivity contribution >= 4 is 23.4 Å². The molecule has 6 heteroatoms. The van der Waals surface area contributed by atoms with E-state index < -0.39 is 0 Å². The third-order valence-corrected chi connectivity index (χ3v) is 4.76. The van der Waals surface area contributed by atoms with Crippen molar-refractivity contribution in [1.82, 2.24) is 9.80 Å². The van der Waals surface area contributed by atoms with Crippen LogP contribution in [0.3, 0.4) is 0 Å². The van der Waals surface area contributed by atoms with E-state index in [0.29, 0.717) is 44.1 Å². The van der Waals surface area contributed by atoms with Crippen LogP contribution in [0.5, 0.6) is 0 Å². The van der Waals surface area contributed by atoms with Gasteiger partial charge in [-0.2, -0.15) is 0 Å². The summed E-state index contributed by atoms with van der Waals surface area (Å²) in [6.07, 6.45) is 1.96. The van der Waals surface area contributed by atoms with Crippen LogP contribution in [0.25, 0.3) is 0 Å². The Balaban J connectivity index is 2.00. The number of ether oxygens (including phenoxy) is 1. The van der Waals surface area contributed by atoms with Crippen molar-refractivity contribution in [2.24, 2.45) is 5.92 Å². The summed E-state index contributed by atoms with van der Waals surface area (Å²) in [6, 6.07) is 7.48. The van der Waals surface area contributed by atoms with E-state index in [2.05, 4.69) is 6.92 Å². The highest BCUT2D eigenvalue weighted by Crippen LogP contribution is 2.22. The number of carbonyl (C=O) groups excluding carboxylic acids is 2. The number of methoxy groups -OCH3 is 1. The molecule has 1 heterocycles. The lowest BCUT2D eigenvalue weighted by Crippen LogP contribution is -2.47. The van der Waals surface area contributed by atoms with Crippen molar-refractivity contribution in [3.63, 3.8) is 0 Å². The van der Waals surface area contributed by atoms with E-state index in [1.54, 1.807) is 12.0 Å². The quantitative estimate of drug-likeness (QED) is 0.710. The molecule has 0 saturated carbocycles. The average Bonchev–Trinajstić information content (AvgIpc) is 2.62. The number of amides is 2. The maximum Gasteiger partial charge on any atom is 0.227 e. The number of rotatable bonds is 8. The fourth-order valence-corrected chi connectivity index (χ4v) is 3.27. The van der Waals surface area contributed by atoms with Crippen molar-refractivity contribution in [3.05, 3.63) is 34.9 Å². The summed E-state index contributed by atoms with van der Waals surface area (Å²) in [5, 5.41) is 0.676. The molecule has 0 aliphatic carbocycles. The third-order valence-electron chi connectivity index (χ3n) is 4.51. The van der Waals surface area contributed by atoms with Crippen molar-refractivity contribution in [2.45, 2.75) is 32.7 Å². The topological polar surface area (TPSA) is 49.9 Å². The van der Waals surface area contributed by atoms with E-state index in [-0.39, 0.29) is 17.7 Å². The predicted octanol–water partition coefficient (Wildman–Crippen LogP) is 2.96. The minimum atomic E-state index is -0.131. The van der Waals surface area contributed by atoms with Gasteiger partial charge in [0.05, 0.1) is 12.5 Å². The number of likely N-dealkylation sites (tertiary alicyclic amines) is 1. The molecule has 0 unspecified atom stereocenters. The molecule has 0 bridgehead atoms. The monoisotopic (exact) mass is 366 g/mol. The zero-order valence-electron chi connectivity index (χ0n) is 15.0. The molecular formula is C19H27ClN2O3. The van der Waals surface area contributed by atoms with Gasteiger partial charge in [-0.3, -0.25) is 9.59 Å². The normalized spacial score (nSPS) is 17.6. The maximum atomic E-state index is 12.9. The first kappa shape index (κ1) is 19.7. The molecule has 1 fully saturated rings. The Morgan fingerprint density at radius 3 is 2.68 bits per heavy atom. The van der Waals surface area contributed by atoms with Gasteiger partial charge in [-0.25, -0.2) is 0 Å². The first-order valence-corrected chi connectivity index (χ1v) is 9.22. The van der Waals surface area contributed by atoms with E-state index in [1.807, 2.05) is 29.2 Å². The lowest BCUT2D eigenvalue weighted by atomic mass is 9.95. The van der Waals surface area contributed by atoms with Crippen LogP contribution in [0.2, 0.25) is 5.02 Å². The van der Waals surface area contributed by atoms with Gasteiger partial charge < -0.3 is 14.5 Å². The second kappa shape index (κ2) is 9.78. The molecule has 1 aliphatic heterocycles. The van der Waals surface area contributed by atoms with Crippen LogP contribution < -0.4 is 0 Å². The van der Waals surface area contributed by atoms with Crippen LogP contribution in [0, 0.1) is 5.92 Å². The van der Waals surface area contributed by atoms with Gasteiger partial charge in [0.1, 0.15) is 0 Å². The van der Waals surface area contributed by atoms with Crippen molar-refractivity contribution < 1.29 is 14.3 Å². The van der Waals surface area contributed by atoms with E-state index >= 15 is 0 Å². The van der Waals surface area contributed by atoms with Crippen LogP contribution in [0.1, 0.15) is 31.7 Å². The molecule has 2 amide bonds. The highest BCUT2D eigenvalue weighted by molar-refractivity contribution is 6.30. The highest BCUT2D eigenvalue weighted by Gasteiger charge is 2.32. The number of hydrogen-bond donors (Lipinski definition) is 0. The molecule has 1 aliphatic rings. The summed E-state index contributed by atoms with van der Waals surface area (Å²) in [7, 11) is 1.64. The second-order valence-corrected chi connectivity index (χ2v) is 6.89. The van der Waals surface area contributed by atoms with E-state index in [0.717, 1.165) is 18.5 Å². The molecule has 0 spiro atoms. The molecular weight excluding hydrogens is 340 g/mol. The lowest BCUT2D eigenvalue weighted by Gasteiger charge is -2.35. The molecule has 5 nitrogen and oxygen atoms in total. The SMILES string of the molecule is CCCN(CCOC)C(=O)[C@@H]1CCC(=O)N(Cc2ccc(Cl)cc2)C1. The molecule has 25 heavy (non-hydrogen) atoms. The van der Waals surface area contributed by atoms with Crippen LogP contribution in [-0.4, -0.2) is 55.0 Å². The molecule has 0 N–H and O–H groups in total. The van der Waals surface area contributed by atoms with Gasteiger partial charge in [0, 0.05) is 44.7 Å². The Morgan fingerprint density at radius 2 is 2.04 bits per heavy atom. The van der Waals surface area contributed by atoms with Crippen molar-refractivity contribution in [2.75, 3.05) is 33.4 Å².